The van der Waals surface area contributed by atoms with Crippen LogP contribution in [0.1, 0.15) is 48.3 Å². The van der Waals surface area contributed by atoms with Gasteiger partial charge in [0.1, 0.15) is 0 Å². The van der Waals surface area contributed by atoms with Gasteiger partial charge in [-0.3, -0.25) is 0 Å². The molecule has 0 bridgehead atoms. The fourth-order valence-corrected chi connectivity index (χ4v) is 3.23. The molecule has 1 atom stereocenters. The third kappa shape index (κ3) is 1.08. The summed E-state index contributed by atoms with van der Waals surface area (Å²) in [6.45, 7) is 0. The van der Waals surface area contributed by atoms with Crippen molar-refractivity contribution >= 4 is 5.69 Å². The van der Waals surface area contributed by atoms with Gasteiger partial charge < -0.3 is 5.73 Å². The molecule has 0 heterocycles. The lowest BCUT2D eigenvalue weighted by Gasteiger charge is -2.32. The third-order valence-electron chi connectivity index (χ3n) is 3.87. The normalized spacial score (nSPS) is 24.4. The van der Waals surface area contributed by atoms with Gasteiger partial charge >= 0.3 is 0 Å². The summed E-state index contributed by atoms with van der Waals surface area (Å²) in [7, 11) is 0. The minimum Gasteiger partial charge on any atom is -0.398 e. The van der Waals surface area contributed by atoms with Crippen LogP contribution in [0.5, 0.6) is 0 Å². The quantitative estimate of drug-likeness (QED) is 0.621. The predicted molar refractivity (Wildman–Crippen MR) is 59.5 cm³/mol. The van der Waals surface area contributed by atoms with Gasteiger partial charge in [-0.25, -0.2) is 0 Å². The van der Waals surface area contributed by atoms with E-state index < -0.39 is 0 Å². The largest absolute Gasteiger partial charge is 0.398 e. The van der Waals surface area contributed by atoms with Gasteiger partial charge in [-0.2, -0.15) is 0 Å². The summed E-state index contributed by atoms with van der Waals surface area (Å²) in [5.74, 6) is 0.839. The van der Waals surface area contributed by atoms with Crippen molar-refractivity contribution in [2.24, 2.45) is 0 Å². The van der Waals surface area contributed by atoms with Crippen molar-refractivity contribution in [2.75, 3.05) is 5.73 Å². The summed E-state index contributed by atoms with van der Waals surface area (Å²) in [5.41, 5.74) is 11.8. The van der Waals surface area contributed by atoms with Gasteiger partial charge in [0.2, 0.25) is 0 Å². The Morgan fingerprint density at radius 2 is 1.86 bits per heavy atom. The average molecular weight is 187 g/mol. The molecule has 2 N–H and O–H groups in total. The lowest BCUT2D eigenvalue weighted by atomic mass is 9.73. The lowest BCUT2D eigenvalue weighted by molar-refractivity contribution is 0.477. The molecule has 74 valence electrons. The lowest BCUT2D eigenvalue weighted by Crippen LogP contribution is -2.18. The van der Waals surface area contributed by atoms with E-state index in [1.165, 1.54) is 44.1 Å². The fourth-order valence-electron chi connectivity index (χ4n) is 3.23. The smallest absolute Gasteiger partial charge is 0.0349 e. The zero-order valence-corrected chi connectivity index (χ0v) is 8.55. The summed E-state index contributed by atoms with van der Waals surface area (Å²) in [5, 5.41) is 0. The SMILES string of the molecule is Nc1ccc2c3c1CCCC3CCC2. The second kappa shape index (κ2) is 3.01. The minimum absolute atomic E-state index is 0.839. The number of hydrogen-bond acceptors (Lipinski definition) is 1. The van der Waals surface area contributed by atoms with Crippen LogP contribution >= 0.6 is 0 Å². The maximum Gasteiger partial charge on any atom is 0.0349 e. The first-order valence-corrected chi connectivity index (χ1v) is 5.76. The molecule has 2 aliphatic carbocycles. The van der Waals surface area contributed by atoms with Crippen LogP contribution in [0.4, 0.5) is 5.69 Å². The highest BCUT2D eigenvalue weighted by atomic mass is 14.6. The van der Waals surface area contributed by atoms with Crippen LogP contribution in [0.25, 0.3) is 0 Å². The van der Waals surface area contributed by atoms with Crippen molar-refractivity contribution in [3.63, 3.8) is 0 Å². The molecule has 0 radical (unpaired) electrons. The van der Waals surface area contributed by atoms with Gasteiger partial charge in [-0.05, 0) is 67.2 Å². The molecule has 0 spiro atoms. The average Bonchev–Trinajstić information content (AvgIpc) is 2.24. The molecule has 3 rings (SSSR count). The van der Waals surface area contributed by atoms with Gasteiger partial charge in [0.05, 0.1) is 0 Å². The first kappa shape index (κ1) is 8.34. The Morgan fingerprint density at radius 1 is 1.07 bits per heavy atom. The molecule has 0 amide bonds. The summed E-state index contributed by atoms with van der Waals surface area (Å²) < 4.78 is 0. The van der Waals surface area contributed by atoms with Crippen LogP contribution < -0.4 is 5.73 Å². The minimum atomic E-state index is 0.839. The first-order valence-electron chi connectivity index (χ1n) is 5.76. The van der Waals surface area contributed by atoms with E-state index in [2.05, 4.69) is 12.1 Å². The Labute approximate surface area is 85.3 Å². The Morgan fingerprint density at radius 3 is 2.71 bits per heavy atom. The molecule has 0 saturated heterocycles. The summed E-state index contributed by atoms with van der Waals surface area (Å²) in [6, 6.07) is 4.37. The number of anilines is 1. The van der Waals surface area contributed by atoms with Crippen LogP contribution in [-0.2, 0) is 12.8 Å². The maximum absolute atomic E-state index is 6.05. The molecular formula is C13H17N. The summed E-state index contributed by atoms with van der Waals surface area (Å²) in [6.07, 6.45) is 7.99. The van der Waals surface area contributed by atoms with Gasteiger partial charge in [0.25, 0.3) is 0 Å². The van der Waals surface area contributed by atoms with E-state index in [0.717, 1.165) is 11.6 Å². The zero-order valence-electron chi connectivity index (χ0n) is 8.55. The molecule has 0 aromatic heterocycles. The number of hydrogen-bond donors (Lipinski definition) is 1. The van der Waals surface area contributed by atoms with E-state index in [9.17, 15) is 0 Å². The standard InChI is InChI=1S/C13H17N/c14-12-8-7-10-4-1-3-9-5-2-6-11(12)13(9)10/h7-9H,1-6,14H2. The number of nitrogen functional groups attached to an aromatic ring is 1. The molecule has 1 aromatic rings. The Balaban J connectivity index is 2.22. The molecular weight excluding hydrogens is 170 g/mol. The molecule has 1 nitrogen and oxygen atoms in total. The first-order chi connectivity index (χ1) is 6.86. The van der Waals surface area contributed by atoms with Gasteiger partial charge in [0.15, 0.2) is 0 Å². The Kier molecular flexibility index (Phi) is 1.79. The highest BCUT2D eigenvalue weighted by molar-refractivity contribution is 5.56. The second-order valence-corrected chi connectivity index (χ2v) is 4.69. The van der Waals surface area contributed by atoms with Crippen LogP contribution in [0.15, 0.2) is 12.1 Å². The molecule has 1 aromatic carbocycles. The second-order valence-electron chi connectivity index (χ2n) is 4.69. The number of nitrogens with two attached hydrogens (primary N) is 1. The van der Waals surface area contributed by atoms with E-state index in [1.54, 1.807) is 11.1 Å². The molecule has 1 heteroatoms. The van der Waals surface area contributed by atoms with E-state index in [1.807, 2.05) is 0 Å². The van der Waals surface area contributed by atoms with Gasteiger partial charge in [-0.15, -0.1) is 0 Å². The van der Waals surface area contributed by atoms with Crippen molar-refractivity contribution in [2.45, 2.75) is 44.4 Å². The molecule has 0 aliphatic heterocycles. The zero-order chi connectivity index (χ0) is 9.54. The van der Waals surface area contributed by atoms with Crippen molar-refractivity contribution in [3.05, 3.63) is 28.8 Å². The topological polar surface area (TPSA) is 26.0 Å². The van der Waals surface area contributed by atoms with Crippen LogP contribution in [-0.4, -0.2) is 0 Å². The molecule has 0 fully saturated rings. The monoisotopic (exact) mass is 187 g/mol. The van der Waals surface area contributed by atoms with Crippen LogP contribution in [0, 0.1) is 0 Å². The molecule has 2 aliphatic rings. The van der Waals surface area contributed by atoms with E-state index >= 15 is 0 Å². The van der Waals surface area contributed by atoms with Crippen LogP contribution in [0.2, 0.25) is 0 Å². The summed E-state index contributed by atoms with van der Waals surface area (Å²) >= 11 is 0. The van der Waals surface area contributed by atoms with Gasteiger partial charge in [-0.1, -0.05) is 6.07 Å². The highest BCUT2D eigenvalue weighted by Crippen LogP contribution is 2.42. The Bertz CT molecular complexity index is 366. The third-order valence-corrected chi connectivity index (χ3v) is 3.87. The van der Waals surface area contributed by atoms with Crippen molar-refractivity contribution in [1.82, 2.24) is 0 Å². The van der Waals surface area contributed by atoms with E-state index in [0.29, 0.717) is 0 Å². The van der Waals surface area contributed by atoms with Gasteiger partial charge in [0, 0.05) is 5.69 Å². The Hall–Kier alpha value is -0.980. The molecule has 1 unspecified atom stereocenters. The summed E-state index contributed by atoms with van der Waals surface area (Å²) in [4.78, 5) is 0. The number of rotatable bonds is 0. The van der Waals surface area contributed by atoms with Crippen molar-refractivity contribution < 1.29 is 0 Å². The highest BCUT2D eigenvalue weighted by Gasteiger charge is 2.27. The molecule has 0 saturated carbocycles. The van der Waals surface area contributed by atoms with Crippen molar-refractivity contribution in [3.8, 4) is 0 Å². The van der Waals surface area contributed by atoms with Crippen molar-refractivity contribution in [1.29, 1.82) is 0 Å². The predicted octanol–water partition coefficient (Wildman–Crippen LogP) is 3.03. The number of benzene rings is 1. The fraction of sp³-hybridized carbons (Fsp3) is 0.538. The maximum atomic E-state index is 6.05. The molecule has 14 heavy (non-hydrogen) atoms. The van der Waals surface area contributed by atoms with E-state index in [4.69, 9.17) is 5.73 Å². The number of aryl methyl sites for hydroxylation is 1. The van der Waals surface area contributed by atoms with E-state index in [-0.39, 0.29) is 0 Å². The van der Waals surface area contributed by atoms with Crippen LogP contribution in [0.3, 0.4) is 0 Å².